The van der Waals surface area contributed by atoms with Crippen LogP contribution in [0.2, 0.25) is 0 Å². The van der Waals surface area contributed by atoms with Crippen molar-refractivity contribution in [3.05, 3.63) is 30.1 Å². The highest BCUT2D eigenvalue weighted by Crippen LogP contribution is 2.22. The molecule has 1 fully saturated rings. The molecular weight excluding hydrogens is 192 g/mol. The molecule has 14 heavy (non-hydrogen) atoms. The van der Waals surface area contributed by atoms with Gasteiger partial charge in [-0.3, -0.25) is 9.88 Å². The first-order valence-corrected chi connectivity index (χ1v) is 6.18. The molecule has 2 heterocycles. The Hall–Kier alpha value is -0.540. The van der Waals surface area contributed by atoms with Gasteiger partial charge in [0.2, 0.25) is 0 Å². The average molecular weight is 208 g/mol. The van der Waals surface area contributed by atoms with Crippen LogP contribution in [0.3, 0.4) is 0 Å². The van der Waals surface area contributed by atoms with Crippen LogP contribution in [0.4, 0.5) is 0 Å². The van der Waals surface area contributed by atoms with E-state index in [4.69, 9.17) is 0 Å². The fourth-order valence-corrected chi connectivity index (χ4v) is 3.07. The van der Waals surface area contributed by atoms with Gasteiger partial charge in [-0.1, -0.05) is 0 Å². The van der Waals surface area contributed by atoms with Crippen molar-refractivity contribution >= 4 is 11.8 Å². The Balaban J connectivity index is 1.90. The van der Waals surface area contributed by atoms with Crippen LogP contribution in [0.5, 0.6) is 0 Å². The number of hydrogen-bond acceptors (Lipinski definition) is 3. The molecule has 0 amide bonds. The van der Waals surface area contributed by atoms with Crippen LogP contribution in [-0.2, 0) is 6.54 Å². The lowest BCUT2D eigenvalue weighted by molar-refractivity contribution is 0.254. The highest BCUT2D eigenvalue weighted by atomic mass is 32.2. The number of pyridine rings is 1. The Kier molecular flexibility index (Phi) is 3.43. The topological polar surface area (TPSA) is 16.1 Å². The van der Waals surface area contributed by atoms with Crippen molar-refractivity contribution in [1.82, 2.24) is 9.88 Å². The molecule has 0 spiro atoms. The van der Waals surface area contributed by atoms with E-state index in [1.54, 1.807) is 0 Å². The zero-order valence-corrected chi connectivity index (χ0v) is 9.33. The van der Waals surface area contributed by atoms with Crippen molar-refractivity contribution in [2.24, 2.45) is 0 Å². The van der Waals surface area contributed by atoms with Crippen molar-refractivity contribution in [2.75, 3.05) is 18.6 Å². The summed E-state index contributed by atoms with van der Waals surface area (Å²) in [6.45, 7) is 1.05. The number of hydrogen-bond donors (Lipinski definition) is 0. The predicted molar refractivity (Wildman–Crippen MR) is 61.4 cm³/mol. The molecule has 1 aromatic heterocycles. The zero-order valence-electron chi connectivity index (χ0n) is 8.52. The van der Waals surface area contributed by atoms with E-state index in [1.165, 1.54) is 23.5 Å². The lowest BCUT2D eigenvalue weighted by atomic mass is 10.2. The smallest absolute Gasteiger partial charge is 0.0271 e. The van der Waals surface area contributed by atoms with Crippen LogP contribution in [0, 0.1) is 0 Å². The third kappa shape index (κ3) is 2.49. The zero-order chi connectivity index (χ0) is 9.80. The second-order valence-electron chi connectivity index (χ2n) is 3.79. The van der Waals surface area contributed by atoms with Crippen LogP contribution in [0.25, 0.3) is 0 Å². The molecule has 0 N–H and O–H groups in total. The molecule has 1 saturated heterocycles. The van der Waals surface area contributed by atoms with E-state index in [2.05, 4.69) is 40.8 Å². The van der Waals surface area contributed by atoms with Gasteiger partial charge in [0, 0.05) is 30.7 Å². The van der Waals surface area contributed by atoms with Crippen LogP contribution >= 0.6 is 11.8 Å². The molecular formula is C11H16N2S. The molecule has 1 atom stereocenters. The van der Waals surface area contributed by atoms with Crippen LogP contribution in [0.15, 0.2) is 24.5 Å². The van der Waals surface area contributed by atoms with E-state index in [1.807, 2.05) is 12.4 Å². The summed E-state index contributed by atoms with van der Waals surface area (Å²) in [5.41, 5.74) is 1.36. The van der Waals surface area contributed by atoms with Crippen LogP contribution < -0.4 is 0 Å². The summed E-state index contributed by atoms with van der Waals surface area (Å²) in [5, 5.41) is 0. The fourth-order valence-electron chi connectivity index (χ4n) is 1.77. The van der Waals surface area contributed by atoms with Gasteiger partial charge in [0.1, 0.15) is 0 Å². The molecule has 0 unspecified atom stereocenters. The Morgan fingerprint density at radius 1 is 1.50 bits per heavy atom. The van der Waals surface area contributed by atoms with Crippen LogP contribution in [0.1, 0.15) is 12.0 Å². The summed E-state index contributed by atoms with van der Waals surface area (Å²) in [5.74, 6) is 2.62. The second kappa shape index (κ2) is 4.80. The number of rotatable bonds is 3. The lowest BCUT2D eigenvalue weighted by Gasteiger charge is -2.23. The van der Waals surface area contributed by atoms with Crippen molar-refractivity contribution in [1.29, 1.82) is 0 Å². The maximum absolute atomic E-state index is 4.03. The Morgan fingerprint density at radius 3 is 2.93 bits per heavy atom. The average Bonchev–Trinajstić information content (AvgIpc) is 2.72. The molecule has 0 aliphatic carbocycles. The van der Waals surface area contributed by atoms with Gasteiger partial charge in [0.25, 0.3) is 0 Å². The number of aromatic nitrogens is 1. The Morgan fingerprint density at radius 2 is 2.29 bits per heavy atom. The largest absolute Gasteiger partial charge is 0.298 e. The SMILES string of the molecule is CN(Cc1ccncc1)[C@H]1CCSC1. The van der Waals surface area contributed by atoms with Gasteiger partial charge in [-0.2, -0.15) is 11.8 Å². The summed E-state index contributed by atoms with van der Waals surface area (Å²) in [6, 6.07) is 4.96. The monoisotopic (exact) mass is 208 g/mol. The van der Waals surface area contributed by atoms with Gasteiger partial charge < -0.3 is 0 Å². The van der Waals surface area contributed by atoms with Gasteiger partial charge in [-0.15, -0.1) is 0 Å². The minimum Gasteiger partial charge on any atom is -0.298 e. The summed E-state index contributed by atoms with van der Waals surface area (Å²) in [6.07, 6.45) is 5.07. The van der Waals surface area contributed by atoms with Crippen molar-refractivity contribution < 1.29 is 0 Å². The highest BCUT2D eigenvalue weighted by molar-refractivity contribution is 7.99. The van der Waals surface area contributed by atoms with E-state index in [0.29, 0.717) is 0 Å². The second-order valence-corrected chi connectivity index (χ2v) is 4.94. The molecule has 2 rings (SSSR count). The van der Waals surface area contributed by atoms with E-state index in [-0.39, 0.29) is 0 Å². The fraction of sp³-hybridized carbons (Fsp3) is 0.545. The molecule has 3 heteroatoms. The van der Waals surface area contributed by atoms with E-state index in [9.17, 15) is 0 Å². The third-order valence-corrected chi connectivity index (χ3v) is 3.86. The maximum atomic E-state index is 4.03. The minimum atomic E-state index is 0.771. The van der Waals surface area contributed by atoms with E-state index >= 15 is 0 Å². The van der Waals surface area contributed by atoms with Gasteiger partial charge in [0.15, 0.2) is 0 Å². The highest BCUT2D eigenvalue weighted by Gasteiger charge is 2.19. The first-order chi connectivity index (χ1) is 6.86. The summed E-state index contributed by atoms with van der Waals surface area (Å²) < 4.78 is 0. The van der Waals surface area contributed by atoms with E-state index in [0.717, 1.165) is 12.6 Å². The van der Waals surface area contributed by atoms with Gasteiger partial charge >= 0.3 is 0 Å². The third-order valence-electron chi connectivity index (χ3n) is 2.71. The van der Waals surface area contributed by atoms with Gasteiger partial charge in [-0.25, -0.2) is 0 Å². The Labute approximate surface area is 89.7 Å². The molecule has 0 aromatic carbocycles. The van der Waals surface area contributed by atoms with Crippen molar-refractivity contribution in [2.45, 2.75) is 19.0 Å². The molecule has 0 radical (unpaired) electrons. The lowest BCUT2D eigenvalue weighted by Crippen LogP contribution is -2.30. The van der Waals surface area contributed by atoms with Crippen LogP contribution in [-0.4, -0.2) is 34.5 Å². The molecule has 1 aliphatic rings. The molecule has 1 aliphatic heterocycles. The number of nitrogens with zero attached hydrogens (tertiary/aromatic N) is 2. The first-order valence-electron chi connectivity index (χ1n) is 5.03. The molecule has 76 valence electrons. The summed E-state index contributed by atoms with van der Waals surface area (Å²) >= 11 is 2.07. The molecule has 0 bridgehead atoms. The molecule has 0 saturated carbocycles. The van der Waals surface area contributed by atoms with E-state index < -0.39 is 0 Å². The first kappa shape index (κ1) is 9.99. The number of thioether (sulfide) groups is 1. The standard InChI is InChI=1S/C11H16N2S/c1-13(11-4-7-14-9-11)8-10-2-5-12-6-3-10/h2-3,5-6,11H,4,7-9H2,1H3/t11-/m0/s1. The summed E-state index contributed by atoms with van der Waals surface area (Å²) in [7, 11) is 2.22. The summed E-state index contributed by atoms with van der Waals surface area (Å²) in [4.78, 5) is 6.48. The van der Waals surface area contributed by atoms with Gasteiger partial charge in [-0.05, 0) is 36.9 Å². The predicted octanol–water partition coefficient (Wildman–Crippen LogP) is 2.02. The quantitative estimate of drug-likeness (QED) is 0.756. The molecule has 2 nitrogen and oxygen atoms in total. The minimum absolute atomic E-state index is 0.771. The molecule has 1 aromatic rings. The Bertz CT molecular complexity index is 270. The van der Waals surface area contributed by atoms with Crippen molar-refractivity contribution in [3.8, 4) is 0 Å². The van der Waals surface area contributed by atoms with Crippen molar-refractivity contribution in [3.63, 3.8) is 0 Å². The normalized spacial score (nSPS) is 21.7. The van der Waals surface area contributed by atoms with Gasteiger partial charge in [0.05, 0.1) is 0 Å². The maximum Gasteiger partial charge on any atom is 0.0271 e.